The molecule has 2 saturated heterocycles. The molecule has 4 rings (SSSR count). The van der Waals surface area contributed by atoms with E-state index in [0.717, 1.165) is 53.7 Å². The Hall–Kier alpha value is -3.13. The quantitative estimate of drug-likeness (QED) is 0.664. The van der Waals surface area contributed by atoms with Crippen LogP contribution in [0.15, 0.2) is 41.3 Å². The van der Waals surface area contributed by atoms with Gasteiger partial charge < -0.3 is 10.2 Å². The van der Waals surface area contributed by atoms with E-state index in [1.54, 1.807) is 18.2 Å². The van der Waals surface area contributed by atoms with Gasteiger partial charge in [0.2, 0.25) is 5.91 Å². The maximum absolute atomic E-state index is 14.7. The number of benzene rings is 2. The van der Waals surface area contributed by atoms with Gasteiger partial charge >= 0.3 is 0 Å². The summed E-state index contributed by atoms with van der Waals surface area (Å²) in [6, 6.07) is 10.4. The van der Waals surface area contributed by atoms with Gasteiger partial charge in [-0.2, -0.15) is 0 Å². The average molecular weight is 454 g/mol. The molecule has 2 heterocycles. The first-order valence-electron chi connectivity index (χ1n) is 10.5. The molecular formula is C24H24FN3O3S. The number of nitrogens with zero attached hydrogens (tertiary/aromatic N) is 2. The zero-order valence-corrected chi connectivity index (χ0v) is 18.8. The Morgan fingerprint density at radius 2 is 1.81 bits per heavy atom. The lowest BCUT2D eigenvalue weighted by molar-refractivity contribution is -0.127. The molecule has 0 spiro atoms. The van der Waals surface area contributed by atoms with Crippen molar-refractivity contribution >= 4 is 46.3 Å². The van der Waals surface area contributed by atoms with Crippen LogP contribution >= 0.6 is 11.8 Å². The SMILES string of the molecule is Cc1ccc(NC(=O)CN2C(=O)S/C(=C\c3cc(F)c(N4CCCC4)cc3C)C2=O)cc1. The summed E-state index contributed by atoms with van der Waals surface area (Å²) in [5, 5.41) is 2.16. The van der Waals surface area contributed by atoms with Crippen LogP contribution in [0.2, 0.25) is 0 Å². The van der Waals surface area contributed by atoms with Crippen LogP contribution < -0.4 is 10.2 Å². The standard InChI is InChI=1S/C24H24FN3O3S/c1-15-5-7-18(8-6-15)26-22(29)14-28-23(30)21(32-24(28)31)13-17-12-19(25)20(11-16(17)2)27-9-3-4-10-27/h5-8,11-13H,3-4,9-10,14H2,1-2H3,(H,26,29)/b21-13-. The number of hydrogen-bond donors (Lipinski definition) is 1. The molecule has 0 radical (unpaired) electrons. The number of aryl methyl sites for hydroxylation is 2. The third-order valence-corrected chi connectivity index (χ3v) is 6.49. The number of imide groups is 1. The molecule has 0 saturated carbocycles. The summed E-state index contributed by atoms with van der Waals surface area (Å²) >= 11 is 0.757. The molecule has 0 aliphatic carbocycles. The van der Waals surface area contributed by atoms with E-state index in [-0.39, 0.29) is 17.3 Å². The van der Waals surface area contributed by atoms with Crippen molar-refractivity contribution in [2.24, 2.45) is 0 Å². The van der Waals surface area contributed by atoms with Crippen LogP contribution in [0.3, 0.4) is 0 Å². The highest BCUT2D eigenvalue weighted by Crippen LogP contribution is 2.34. The van der Waals surface area contributed by atoms with Crippen molar-refractivity contribution in [3.63, 3.8) is 0 Å². The zero-order chi connectivity index (χ0) is 22.8. The van der Waals surface area contributed by atoms with E-state index in [1.165, 1.54) is 12.1 Å². The van der Waals surface area contributed by atoms with E-state index in [0.29, 0.717) is 16.9 Å². The minimum atomic E-state index is -0.553. The second-order valence-corrected chi connectivity index (χ2v) is 9.03. The molecule has 0 unspecified atom stereocenters. The number of hydrogen-bond acceptors (Lipinski definition) is 5. The first-order chi connectivity index (χ1) is 15.3. The summed E-state index contributed by atoms with van der Waals surface area (Å²) < 4.78 is 14.7. The van der Waals surface area contributed by atoms with Gasteiger partial charge in [0.1, 0.15) is 12.4 Å². The topological polar surface area (TPSA) is 69.7 Å². The summed E-state index contributed by atoms with van der Waals surface area (Å²) in [6.45, 7) is 5.07. The van der Waals surface area contributed by atoms with Gasteiger partial charge in [-0.3, -0.25) is 19.3 Å². The van der Waals surface area contributed by atoms with Gasteiger partial charge in [0.25, 0.3) is 11.1 Å². The molecule has 2 aromatic carbocycles. The number of carbonyl (C=O) groups excluding carboxylic acids is 3. The molecule has 0 aromatic heterocycles. The number of rotatable bonds is 5. The smallest absolute Gasteiger partial charge is 0.294 e. The molecular weight excluding hydrogens is 429 g/mol. The number of halogens is 1. The summed E-state index contributed by atoms with van der Waals surface area (Å²) in [7, 11) is 0. The second-order valence-electron chi connectivity index (χ2n) is 8.04. The fourth-order valence-electron chi connectivity index (χ4n) is 3.80. The molecule has 2 aliphatic heterocycles. The predicted molar refractivity (Wildman–Crippen MR) is 125 cm³/mol. The predicted octanol–water partition coefficient (Wildman–Crippen LogP) is 4.72. The van der Waals surface area contributed by atoms with Crippen molar-refractivity contribution in [1.29, 1.82) is 0 Å². The first-order valence-corrected chi connectivity index (χ1v) is 11.3. The van der Waals surface area contributed by atoms with Crippen molar-refractivity contribution < 1.29 is 18.8 Å². The van der Waals surface area contributed by atoms with E-state index in [2.05, 4.69) is 5.32 Å². The van der Waals surface area contributed by atoms with Crippen LogP contribution in [-0.4, -0.2) is 41.6 Å². The number of anilines is 2. The van der Waals surface area contributed by atoms with E-state index >= 15 is 0 Å². The number of thioether (sulfide) groups is 1. The van der Waals surface area contributed by atoms with Gasteiger partial charge in [-0.25, -0.2) is 4.39 Å². The van der Waals surface area contributed by atoms with Crippen LogP contribution in [0.25, 0.3) is 6.08 Å². The molecule has 0 bridgehead atoms. The highest BCUT2D eigenvalue weighted by Gasteiger charge is 2.36. The third-order valence-electron chi connectivity index (χ3n) is 5.58. The average Bonchev–Trinajstić information content (AvgIpc) is 3.37. The Kier molecular flexibility index (Phi) is 6.32. The maximum atomic E-state index is 14.7. The largest absolute Gasteiger partial charge is 0.369 e. The highest BCUT2D eigenvalue weighted by atomic mass is 32.2. The molecule has 8 heteroatoms. The van der Waals surface area contributed by atoms with Crippen LogP contribution in [0.1, 0.15) is 29.5 Å². The molecule has 166 valence electrons. The lowest BCUT2D eigenvalue weighted by Gasteiger charge is -2.19. The first kappa shape index (κ1) is 22.1. The van der Waals surface area contributed by atoms with Crippen LogP contribution in [0.4, 0.5) is 20.6 Å². The molecule has 1 N–H and O–H groups in total. The van der Waals surface area contributed by atoms with Gasteiger partial charge in [-0.05, 0) is 79.9 Å². The molecule has 2 aliphatic rings. The lowest BCUT2D eigenvalue weighted by atomic mass is 10.1. The minimum Gasteiger partial charge on any atom is -0.369 e. The van der Waals surface area contributed by atoms with Gasteiger partial charge in [0.15, 0.2) is 0 Å². The molecule has 3 amide bonds. The van der Waals surface area contributed by atoms with Crippen molar-refractivity contribution in [1.82, 2.24) is 4.90 Å². The van der Waals surface area contributed by atoms with Crippen LogP contribution in [0, 0.1) is 19.7 Å². The highest BCUT2D eigenvalue weighted by molar-refractivity contribution is 8.18. The molecule has 6 nitrogen and oxygen atoms in total. The second kappa shape index (κ2) is 9.16. The normalized spacial score (nSPS) is 17.5. The summed E-state index contributed by atoms with van der Waals surface area (Å²) in [5.74, 6) is -1.36. The molecule has 2 fully saturated rings. The van der Waals surface area contributed by atoms with E-state index in [1.807, 2.05) is 30.9 Å². The van der Waals surface area contributed by atoms with Crippen molar-refractivity contribution in [3.05, 3.63) is 63.8 Å². The van der Waals surface area contributed by atoms with Gasteiger partial charge in [0, 0.05) is 18.8 Å². The lowest BCUT2D eigenvalue weighted by Crippen LogP contribution is -2.36. The van der Waals surface area contributed by atoms with Crippen LogP contribution in [-0.2, 0) is 9.59 Å². The van der Waals surface area contributed by atoms with Gasteiger partial charge in [-0.15, -0.1) is 0 Å². The molecule has 2 aromatic rings. The molecule has 0 atom stereocenters. The van der Waals surface area contributed by atoms with Gasteiger partial charge in [-0.1, -0.05) is 17.7 Å². The van der Waals surface area contributed by atoms with Crippen molar-refractivity contribution in [3.8, 4) is 0 Å². The summed E-state index contributed by atoms with van der Waals surface area (Å²) in [4.78, 5) is 40.6. The molecule has 32 heavy (non-hydrogen) atoms. The monoisotopic (exact) mass is 453 g/mol. The summed E-state index contributed by atoms with van der Waals surface area (Å²) in [6.07, 6.45) is 3.62. The van der Waals surface area contributed by atoms with Crippen molar-refractivity contribution in [2.75, 3.05) is 29.9 Å². The zero-order valence-electron chi connectivity index (χ0n) is 18.0. The maximum Gasteiger partial charge on any atom is 0.294 e. The Balaban J connectivity index is 1.47. The minimum absolute atomic E-state index is 0.176. The van der Waals surface area contributed by atoms with E-state index in [4.69, 9.17) is 0 Å². The summed E-state index contributed by atoms with van der Waals surface area (Å²) in [5.41, 5.74) is 3.57. The van der Waals surface area contributed by atoms with Crippen LogP contribution in [0.5, 0.6) is 0 Å². The Labute approximate surface area is 190 Å². The number of nitrogens with one attached hydrogen (secondary N) is 1. The third kappa shape index (κ3) is 4.70. The Bertz CT molecular complexity index is 1110. The van der Waals surface area contributed by atoms with Crippen molar-refractivity contribution in [2.45, 2.75) is 26.7 Å². The fraction of sp³-hybridized carbons (Fsp3) is 0.292. The van der Waals surface area contributed by atoms with E-state index in [9.17, 15) is 18.8 Å². The Morgan fingerprint density at radius 1 is 1.12 bits per heavy atom. The van der Waals surface area contributed by atoms with E-state index < -0.39 is 17.1 Å². The Morgan fingerprint density at radius 3 is 2.50 bits per heavy atom. The number of amides is 3. The fourth-order valence-corrected chi connectivity index (χ4v) is 4.63. The van der Waals surface area contributed by atoms with Gasteiger partial charge in [0.05, 0.1) is 10.6 Å². The number of carbonyl (C=O) groups is 3.